The van der Waals surface area contributed by atoms with Crippen molar-refractivity contribution >= 4 is 49.8 Å². The van der Waals surface area contributed by atoms with E-state index in [0.717, 1.165) is 31.7 Å². The molecule has 6 nitrogen and oxygen atoms in total. The van der Waals surface area contributed by atoms with Gasteiger partial charge in [-0.2, -0.15) is 0 Å². The predicted octanol–water partition coefficient (Wildman–Crippen LogP) is 5.58. The summed E-state index contributed by atoms with van der Waals surface area (Å²) in [4.78, 5) is 1.23. The summed E-state index contributed by atoms with van der Waals surface area (Å²) < 4.78 is 79.4. The first kappa shape index (κ1) is 27.5. The summed E-state index contributed by atoms with van der Waals surface area (Å²) >= 11 is 1.98. The van der Waals surface area contributed by atoms with E-state index in [4.69, 9.17) is 14.2 Å². The molecule has 0 heterocycles. The molecule has 2 fully saturated rings. The van der Waals surface area contributed by atoms with Crippen molar-refractivity contribution < 1.29 is 31.6 Å². The first-order chi connectivity index (χ1) is 17.1. The van der Waals surface area contributed by atoms with Crippen molar-refractivity contribution in [3.63, 3.8) is 0 Å². The second-order valence-electron chi connectivity index (χ2n) is 9.50. The largest absolute Gasteiger partial charge is 0.494 e. The Balaban J connectivity index is 1.81. The van der Waals surface area contributed by atoms with Crippen molar-refractivity contribution in [1.29, 1.82) is 0 Å². The average Bonchev–Trinajstić information content (AvgIpc) is 3.75. The highest BCUT2D eigenvalue weighted by Crippen LogP contribution is 2.58. The predicted molar refractivity (Wildman–Crippen MR) is 146 cm³/mol. The lowest BCUT2D eigenvalue weighted by molar-refractivity contribution is 0.0219. The number of anilines is 3. The molecular weight excluding hydrogens is 608 g/mol. The van der Waals surface area contributed by atoms with Crippen LogP contribution in [0, 0.1) is 21.0 Å². The minimum absolute atomic E-state index is 0.00136. The molecule has 0 amide bonds. The molecule has 36 heavy (non-hydrogen) atoms. The Bertz CT molecular complexity index is 1180. The van der Waals surface area contributed by atoms with Gasteiger partial charge in [-0.1, -0.05) is 0 Å². The van der Waals surface area contributed by atoms with Crippen molar-refractivity contribution in [3.8, 4) is 5.75 Å². The third kappa shape index (κ3) is 5.08. The molecule has 4 rings (SSSR count). The van der Waals surface area contributed by atoms with E-state index >= 15 is 4.39 Å². The number of benzene rings is 2. The van der Waals surface area contributed by atoms with E-state index in [-0.39, 0.29) is 34.2 Å². The van der Waals surface area contributed by atoms with Gasteiger partial charge in [0.25, 0.3) is 0 Å². The third-order valence-corrected chi connectivity index (χ3v) is 12.0. The Morgan fingerprint density at radius 3 is 2.39 bits per heavy atom. The maximum absolute atomic E-state index is 15.4. The second kappa shape index (κ2) is 10.7. The SMILES string of the molecule is COC[C@@H](CC1([SH](=O)(Nc2c(OC)cc(F)c(F)c2N(C)c2ccc(I)cc2F)C2CC2)CC1)OC. The van der Waals surface area contributed by atoms with Crippen LogP contribution in [0.4, 0.5) is 30.2 Å². The molecule has 1 N–H and O–H groups in total. The van der Waals surface area contributed by atoms with Crippen LogP contribution in [0.15, 0.2) is 24.3 Å². The molecule has 2 aromatic rings. The molecule has 200 valence electrons. The first-order valence-corrected chi connectivity index (χ1v) is 14.6. The fraction of sp³-hybridized carbons (Fsp3) is 0.520. The number of nitrogens with one attached hydrogen (secondary N) is 1. The molecule has 11 heteroatoms. The second-order valence-corrected chi connectivity index (χ2v) is 14.0. The molecule has 2 aliphatic rings. The van der Waals surface area contributed by atoms with Crippen LogP contribution >= 0.6 is 22.6 Å². The summed E-state index contributed by atoms with van der Waals surface area (Å²) in [6, 6.07) is 5.41. The summed E-state index contributed by atoms with van der Waals surface area (Å²) in [6.07, 6.45) is 3.26. The molecule has 2 aliphatic carbocycles. The third-order valence-electron chi connectivity index (χ3n) is 7.15. The Kier molecular flexibility index (Phi) is 8.13. The molecule has 0 bridgehead atoms. The Hall–Kier alpha value is -1.57. The van der Waals surface area contributed by atoms with Gasteiger partial charge in [0, 0.05) is 40.9 Å². The van der Waals surface area contributed by atoms with Crippen LogP contribution in [0.1, 0.15) is 32.1 Å². The van der Waals surface area contributed by atoms with Gasteiger partial charge in [-0.05, 0) is 83.0 Å². The van der Waals surface area contributed by atoms with Gasteiger partial charge in [0.05, 0.1) is 25.5 Å². The number of hydrogen-bond acceptors (Lipinski definition) is 5. The van der Waals surface area contributed by atoms with Gasteiger partial charge in [-0.15, -0.1) is 0 Å². The van der Waals surface area contributed by atoms with Gasteiger partial charge in [0.15, 0.2) is 11.6 Å². The summed E-state index contributed by atoms with van der Waals surface area (Å²) in [6.45, 7) is 0.359. The molecule has 0 unspecified atom stereocenters. The maximum atomic E-state index is 15.4. The summed E-state index contributed by atoms with van der Waals surface area (Å²) in [5.74, 6) is -2.92. The van der Waals surface area contributed by atoms with Crippen molar-refractivity contribution in [1.82, 2.24) is 0 Å². The van der Waals surface area contributed by atoms with E-state index in [0.29, 0.717) is 16.6 Å². The van der Waals surface area contributed by atoms with Crippen LogP contribution in [0.25, 0.3) is 0 Å². The molecule has 0 radical (unpaired) electrons. The lowest BCUT2D eigenvalue weighted by Gasteiger charge is -2.38. The van der Waals surface area contributed by atoms with Crippen molar-refractivity contribution in [2.45, 2.75) is 48.2 Å². The van der Waals surface area contributed by atoms with E-state index in [9.17, 15) is 13.0 Å². The van der Waals surface area contributed by atoms with Gasteiger partial charge in [0.2, 0.25) is 0 Å². The minimum atomic E-state index is -3.21. The smallest absolute Gasteiger partial charge is 0.184 e. The molecule has 0 saturated heterocycles. The topological polar surface area (TPSA) is 60.0 Å². The fourth-order valence-electron chi connectivity index (χ4n) is 4.89. The lowest BCUT2D eigenvalue weighted by Crippen LogP contribution is -2.44. The maximum Gasteiger partial charge on any atom is 0.184 e. The molecule has 0 aromatic heterocycles. The number of thiol groups is 1. The standard InChI is InChI=1S/C25H32F3IN2O4S/c1-31(20-8-5-15(29)11-18(20)26)24-22(28)19(27)12-21(35-4)23(24)30-36(32,17-6-7-17)25(9-10-25)13-16(34-3)14-33-2/h5,8,11-12,16-17,36H,6-7,9-10,13-14H2,1-4H3,(H,30,32)/t16-/m1/s1. The van der Waals surface area contributed by atoms with E-state index in [1.54, 1.807) is 20.3 Å². The van der Waals surface area contributed by atoms with Gasteiger partial charge in [0.1, 0.15) is 22.9 Å². The summed E-state index contributed by atoms with van der Waals surface area (Å²) in [5.41, 5.74) is -0.158. The van der Waals surface area contributed by atoms with Crippen molar-refractivity contribution in [2.24, 2.45) is 0 Å². The van der Waals surface area contributed by atoms with Gasteiger partial charge in [-0.25, -0.2) is 13.2 Å². The number of rotatable bonds is 12. The van der Waals surface area contributed by atoms with Crippen LogP contribution in [0.5, 0.6) is 5.75 Å². The van der Waals surface area contributed by atoms with Crippen molar-refractivity contribution in [2.75, 3.05) is 44.6 Å². The average molecular weight is 641 g/mol. The van der Waals surface area contributed by atoms with Crippen LogP contribution in [0.2, 0.25) is 0 Å². The van der Waals surface area contributed by atoms with Crippen molar-refractivity contribution in [3.05, 3.63) is 45.3 Å². The zero-order valence-electron chi connectivity index (χ0n) is 20.7. The zero-order chi connectivity index (χ0) is 26.3. The lowest BCUT2D eigenvalue weighted by atomic mass is 10.2. The van der Waals surface area contributed by atoms with E-state index in [1.807, 2.05) is 22.6 Å². The molecular formula is C25H32F3IN2O4S. The van der Waals surface area contributed by atoms with Crippen LogP contribution in [-0.2, 0) is 19.6 Å². The Labute approximate surface area is 224 Å². The Morgan fingerprint density at radius 1 is 1.17 bits per heavy atom. The molecule has 2 saturated carbocycles. The highest BCUT2D eigenvalue weighted by atomic mass is 127. The first-order valence-electron chi connectivity index (χ1n) is 11.8. The van der Waals surface area contributed by atoms with Gasteiger partial charge in [-0.3, -0.25) is 4.21 Å². The van der Waals surface area contributed by atoms with E-state index in [2.05, 4.69) is 4.72 Å². The van der Waals surface area contributed by atoms with E-state index < -0.39 is 32.3 Å². The monoisotopic (exact) mass is 640 g/mol. The van der Waals surface area contributed by atoms with Gasteiger partial charge >= 0.3 is 0 Å². The Morgan fingerprint density at radius 2 is 1.86 bits per heavy atom. The fourth-order valence-corrected chi connectivity index (χ4v) is 9.21. The summed E-state index contributed by atoms with van der Waals surface area (Å²) in [7, 11) is 2.75. The summed E-state index contributed by atoms with van der Waals surface area (Å²) in [5, 5.41) is -0.0916. The number of halogens is 4. The number of nitrogens with zero attached hydrogens (tertiary/aromatic N) is 1. The molecule has 1 atom stereocenters. The normalized spacial score (nSPS) is 18.0. The highest BCUT2D eigenvalue weighted by molar-refractivity contribution is 14.1. The number of ether oxygens (including phenoxy) is 3. The highest BCUT2D eigenvalue weighted by Gasteiger charge is 2.59. The quantitative estimate of drug-likeness (QED) is 0.235. The molecule has 0 aliphatic heterocycles. The zero-order valence-corrected chi connectivity index (χ0v) is 23.8. The van der Waals surface area contributed by atoms with Gasteiger partial charge < -0.3 is 23.8 Å². The molecule has 0 spiro atoms. The number of hydrogen-bond donors (Lipinski definition) is 2. The van der Waals surface area contributed by atoms with Crippen LogP contribution < -0.4 is 14.4 Å². The number of methoxy groups -OCH3 is 3. The van der Waals surface area contributed by atoms with Crippen LogP contribution in [-0.4, -0.2) is 55.3 Å². The van der Waals surface area contributed by atoms with Crippen LogP contribution in [0.3, 0.4) is 0 Å². The molecule has 2 aromatic carbocycles. The van der Waals surface area contributed by atoms with E-state index in [1.165, 1.54) is 31.2 Å². The minimum Gasteiger partial charge on any atom is -0.494 e.